The number of pyridine rings is 3. The van der Waals surface area contributed by atoms with Gasteiger partial charge in [0.15, 0.2) is 0 Å². The fourth-order valence-corrected chi connectivity index (χ4v) is 12.7. The van der Waals surface area contributed by atoms with Gasteiger partial charge in [-0.2, -0.15) is 44.3 Å². The van der Waals surface area contributed by atoms with Crippen LogP contribution in [0.5, 0.6) is 0 Å². The third kappa shape index (κ3) is 22.6. The molecule has 0 bridgehead atoms. The van der Waals surface area contributed by atoms with Gasteiger partial charge in [-0.25, -0.2) is 31.5 Å². The molecule has 9 aromatic heterocycles. The average molecular weight is 1630 g/mol. The Kier molecular flexibility index (Phi) is 28.0. The van der Waals surface area contributed by atoms with E-state index >= 15 is 0 Å². The summed E-state index contributed by atoms with van der Waals surface area (Å²) in [5.74, 6) is -3.14. The predicted molar refractivity (Wildman–Crippen MR) is 420 cm³/mol. The van der Waals surface area contributed by atoms with Crippen molar-refractivity contribution in [3.05, 3.63) is 143 Å². The molecule has 0 aliphatic heterocycles. The third-order valence-corrected chi connectivity index (χ3v) is 19.6. The predicted octanol–water partition coefficient (Wildman–Crippen LogP) is 9.48. The maximum atomic E-state index is 14.3. The van der Waals surface area contributed by atoms with Crippen molar-refractivity contribution in [3.63, 3.8) is 0 Å². The smallest absolute Gasteiger partial charge is 0.444 e. The van der Waals surface area contributed by atoms with Crippen LogP contribution in [0.15, 0.2) is 110 Å². The normalized spacial score (nSPS) is 17.9. The molecule has 0 spiro atoms. The number of fused-ring (bicyclic) bond motifs is 3. The van der Waals surface area contributed by atoms with E-state index in [0.29, 0.717) is 105 Å². The summed E-state index contributed by atoms with van der Waals surface area (Å²) < 4.78 is 90.2. The van der Waals surface area contributed by atoms with Gasteiger partial charge in [-0.15, -0.1) is 12.4 Å². The summed E-state index contributed by atoms with van der Waals surface area (Å²) in [5, 5.41) is 92.1. The van der Waals surface area contributed by atoms with E-state index in [9.17, 15) is 70.9 Å². The minimum absolute atomic E-state index is 0. The van der Waals surface area contributed by atoms with E-state index in [0.717, 1.165) is 36.7 Å². The summed E-state index contributed by atoms with van der Waals surface area (Å²) in [6.45, 7) is 13.2. The maximum Gasteiger partial charge on any atom is 0.471 e. The number of nitriles is 3. The summed E-state index contributed by atoms with van der Waals surface area (Å²) >= 11 is 0. The summed E-state index contributed by atoms with van der Waals surface area (Å²) in [7, 11) is 0. The Morgan fingerprint density at radius 1 is 0.483 bits per heavy atom. The minimum Gasteiger partial charge on any atom is -0.444 e. The van der Waals surface area contributed by atoms with Gasteiger partial charge in [-0.05, 0) is 198 Å². The Morgan fingerprint density at radius 3 is 1.06 bits per heavy atom. The van der Waals surface area contributed by atoms with E-state index in [2.05, 4.69) is 79.6 Å². The molecule has 9 aromatic rings. The number of nitrogens with one attached hydrogen (secondary N) is 8. The number of carbonyl (C=O) groups is 5. The first-order valence-electron chi connectivity index (χ1n) is 37.1. The molecule has 0 radical (unpaired) electrons. The Hall–Kier alpha value is -11.8. The van der Waals surface area contributed by atoms with Crippen molar-refractivity contribution >= 4 is 75.7 Å². The van der Waals surface area contributed by atoms with Crippen molar-refractivity contribution in [2.45, 2.75) is 166 Å². The van der Waals surface area contributed by atoms with Crippen LogP contribution in [0, 0.1) is 51.7 Å². The fourth-order valence-electron chi connectivity index (χ4n) is 12.7. The van der Waals surface area contributed by atoms with Crippen molar-refractivity contribution in [2.75, 3.05) is 55.2 Å². The number of alkyl halides is 6. The molecular formula is C79H92ClF6N21O9. The van der Waals surface area contributed by atoms with Crippen LogP contribution in [0.1, 0.15) is 149 Å². The van der Waals surface area contributed by atoms with Crippen LogP contribution < -0.4 is 48.3 Å². The average Bonchev–Trinajstić information content (AvgIpc) is 1.66. The number of alkyl carbamates (subject to hydrolysis) is 1. The Labute approximate surface area is 669 Å². The molecule has 0 aromatic carbocycles. The van der Waals surface area contributed by atoms with Gasteiger partial charge in [-0.3, -0.25) is 34.1 Å². The van der Waals surface area contributed by atoms with Crippen molar-refractivity contribution in [1.82, 2.24) is 70.4 Å². The number of anilines is 3. The number of nitrogens with two attached hydrogens (primary N) is 1. The fraction of sp³-hybridized carbons (Fsp3) is 0.443. The van der Waals surface area contributed by atoms with Gasteiger partial charge in [0, 0.05) is 49.8 Å². The number of halogens is 7. The lowest BCUT2D eigenvalue weighted by atomic mass is 9.80. The molecule has 37 heteroatoms. The maximum absolute atomic E-state index is 14.3. The number of carbonyl (C=O) groups excluding carboxylic acids is 5. The minimum atomic E-state index is -4.95. The van der Waals surface area contributed by atoms with Gasteiger partial charge in [0.2, 0.25) is 0 Å². The molecule has 30 nitrogen and oxygen atoms in total. The number of rotatable bonds is 26. The van der Waals surface area contributed by atoms with E-state index in [1.54, 1.807) is 82.8 Å². The summed E-state index contributed by atoms with van der Waals surface area (Å²) in [5.41, 5.74) is 9.29. The van der Waals surface area contributed by atoms with Crippen LogP contribution >= 0.6 is 12.4 Å². The molecule has 12 rings (SSSR count). The lowest BCUT2D eigenvalue weighted by Gasteiger charge is -2.37. The van der Waals surface area contributed by atoms with Crippen molar-refractivity contribution < 1.29 is 70.4 Å². The molecular weight excluding hydrogens is 1540 g/mol. The Bertz CT molecular complexity index is 5170. The van der Waals surface area contributed by atoms with Crippen LogP contribution in [0.25, 0.3) is 50.7 Å². The highest BCUT2D eigenvalue weighted by Gasteiger charge is 2.41. The van der Waals surface area contributed by atoms with Gasteiger partial charge >= 0.3 is 18.2 Å². The summed E-state index contributed by atoms with van der Waals surface area (Å²) in [4.78, 5) is 75.3. The highest BCUT2D eigenvalue weighted by molar-refractivity contribution is 6.01. The number of hydrogen-bond acceptors (Lipinski definition) is 22. The first-order chi connectivity index (χ1) is 54.2. The molecule has 0 saturated heterocycles. The summed E-state index contributed by atoms with van der Waals surface area (Å²) in [6, 6.07) is 27.2. The molecule has 13 N–H and O–H groups in total. The third-order valence-electron chi connectivity index (χ3n) is 19.6. The van der Waals surface area contributed by atoms with Gasteiger partial charge in [0.05, 0.1) is 156 Å². The molecule has 616 valence electrons. The zero-order valence-corrected chi connectivity index (χ0v) is 65.8. The summed E-state index contributed by atoms with van der Waals surface area (Å²) in [6.07, 6.45) is 2.31. The van der Waals surface area contributed by atoms with Crippen molar-refractivity contribution in [3.8, 4) is 52.4 Å². The second kappa shape index (κ2) is 36.8. The second-order valence-electron chi connectivity index (χ2n) is 31.4. The van der Waals surface area contributed by atoms with Gasteiger partial charge in [-0.1, -0.05) is 0 Å². The zero-order chi connectivity index (χ0) is 83.6. The molecule has 3 saturated carbocycles. The standard InChI is InChI=1S/C29H36FN7O4.C26H27F4N7O3.C24H28FN7O2.ClH/c1-28(2,3)41-27(39)34-13-17-8-19(9-17)36-22-11-23(24-7-6-20-10-18(12-31)14-35-37(20)24)32-15-21(22)26(38)33-16-25(30)29(4,5)40;1-25(2,40)22(27)13-33-23(38)18-12-32-20(21-4-3-17-7-15(9-31)11-35-37(17)21)8-19(18)36-16-5-14(6-16)10-34-24(39)26(28,29)30;1-24(2,34)22(25)13-29-23(33)18-12-28-20(8-19(18)31-16-5-14(6-16)9-26)21-4-3-17-7-15(10-27)11-30-32(17)21;/h6-7,10-11,14-15,17,19,25,40H,8-9,13,16H2,1-5H3,(H,32,36)(H,33,38)(H,34,39);3-4,7-8,11-12,14,16,22,40H,5-6,10,13H2,1-2H3,(H,32,36)(H,33,38)(H,34,39);3-4,7-8,11-12,14,16,22,34H,5-6,9,13,26H2,1-2H3,(H,28,31)(H,29,33);1H/t17?,19?,25-;2*14?,16?,22-;/m111./s1. The lowest BCUT2D eigenvalue weighted by Crippen LogP contribution is -2.45. The molecule has 116 heavy (non-hydrogen) atoms. The topological polar surface area (TPSA) is 439 Å². The first kappa shape index (κ1) is 88.2. The number of hydrogen-bond donors (Lipinski definition) is 12. The van der Waals surface area contributed by atoms with E-state index in [4.69, 9.17) is 21.0 Å². The lowest BCUT2D eigenvalue weighted by molar-refractivity contribution is -0.173. The zero-order valence-electron chi connectivity index (χ0n) is 65.0. The molecule has 5 amide bonds. The molecule has 9 heterocycles. The van der Waals surface area contributed by atoms with Gasteiger partial charge < -0.3 is 68.3 Å². The molecule has 3 fully saturated rings. The quantitative estimate of drug-likeness (QED) is 0.0224. The van der Waals surface area contributed by atoms with Crippen molar-refractivity contribution in [1.29, 1.82) is 15.8 Å². The number of nitrogens with zero attached hydrogens (tertiary/aromatic N) is 12. The Balaban J connectivity index is 0.000000199. The van der Waals surface area contributed by atoms with E-state index in [1.165, 1.54) is 78.7 Å². The monoisotopic (exact) mass is 1630 g/mol. The van der Waals surface area contributed by atoms with E-state index in [1.807, 2.05) is 35.7 Å². The van der Waals surface area contributed by atoms with E-state index < -0.39 is 83.4 Å². The van der Waals surface area contributed by atoms with Crippen molar-refractivity contribution in [2.24, 2.45) is 23.5 Å². The number of aliphatic hydroxyl groups is 3. The second-order valence-corrected chi connectivity index (χ2v) is 31.4. The van der Waals surface area contributed by atoms with E-state index in [-0.39, 0.29) is 78.7 Å². The van der Waals surface area contributed by atoms with Gasteiger partial charge in [0.1, 0.15) is 42.3 Å². The van der Waals surface area contributed by atoms with Crippen LogP contribution in [0.3, 0.4) is 0 Å². The van der Waals surface area contributed by atoms with Gasteiger partial charge in [0.25, 0.3) is 17.7 Å². The van der Waals surface area contributed by atoms with Crippen LogP contribution in [0.4, 0.5) is 48.2 Å². The van der Waals surface area contributed by atoms with Crippen LogP contribution in [-0.4, -0.2) is 193 Å². The number of amides is 5. The highest BCUT2D eigenvalue weighted by atomic mass is 35.5. The molecule has 3 aliphatic carbocycles. The SMILES string of the molecule is CC(C)(C)OC(=O)NCC1CC(Nc2cc(-c3ccc4cc(C#N)cnn34)ncc2C(=O)NC[C@@H](F)C(C)(C)O)C1.CC(C)(O)[C@H](F)CNC(=O)c1cnc(-c2ccc3cc(C#N)cnn23)cc1NC1CC(CN)C1.CC(C)(O)[C@H](F)CNC(=O)c1cnc(-c2ccc3cc(C#N)cnn23)cc1NC1CC(CNC(=O)C(F)(F)F)C1.Cl. The molecule has 0 unspecified atom stereocenters. The Morgan fingerprint density at radius 2 is 0.784 bits per heavy atom. The molecule has 3 aliphatic rings. The molecule has 3 atom stereocenters. The number of ether oxygens (including phenoxy) is 1. The first-order valence-corrected chi connectivity index (χ1v) is 37.1. The largest absolute Gasteiger partial charge is 0.471 e. The van der Waals surface area contributed by atoms with Crippen LogP contribution in [-0.2, 0) is 9.53 Å². The highest BCUT2D eigenvalue weighted by Crippen LogP contribution is 2.37. The van der Waals surface area contributed by atoms with Crippen LogP contribution in [0.2, 0.25) is 0 Å². The number of aromatic nitrogens is 9.